The fraction of sp³-hybridized carbons (Fsp3) is 0.588. The number of amides is 1. The van der Waals surface area contributed by atoms with Gasteiger partial charge in [-0.05, 0) is 43.1 Å². The molecule has 1 aliphatic carbocycles. The lowest BCUT2D eigenvalue weighted by Gasteiger charge is -2.32. The van der Waals surface area contributed by atoms with Gasteiger partial charge in [0, 0.05) is 6.04 Å². The molecule has 1 fully saturated rings. The van der Waals surface area contributed by atoms with E-state index < -0.39 is 6.04 Å². The molecule has 1 saturated carbocycles. The fourth-order valence-electron chi connectivity index (χ4n) is 3.33. The van der Waals surface area contributed by atoms with Gasteiger partial charge in [0.15, 0.2) is 0 Å². The average molecular weight is 274 g/mol. The number of benzene rings is 1. The third-order valence-corrected chi connectivity index (χ3v) is 4.16. The molecule has 2 rings (SSSR count). The number of nitrogens with one attached hydrogen (secondary N) is 1. The van der Waals surface area contributed by atoms with Crippen molar-refractivity contribution in [2.24, 2.45) is 17.6 Å². The number of carbonyl (C=O) groups excluding carboxylic acids is 1. The van der Waals surface area contributed by atoms with Crippen LogP contribution in [0.15, 0.2) is 30.3 Å². The summed E-state index contributed by atoms with van der Waals surface area (Å²) in [5, 5.41) is 3.14. The van der Waals surface area contributed by atoms with Crippen molar-refractivity contribution in [2.75, 3.05) is 0 Å². The van der Waals surface area contributed by atoms with Crippen molar-refractivity contribution >= 4 is 5.91 Å². The maximum absolute atomic E-state index is 12.2. The van der Waals surface area contributed by atoms with Gasteiger partial charge in [0.25, 0.3) is 0 Å². The van der Waals surface area contributed by atoms with Gasteiger partial charge in [-0.3, -0.25) is 4.79 Å². The molecule has 0 aromatic heterocycles. The van der Waals surface area contributed by atoms with E-state index in [-0.39, 0.29) is 5.91 Å². The predicted octanol–water partition coefficient (Wildman–Crippen LogP) is 2.50. The van der Waals surface area contributed by atoms with E-state index in [1.54, 1.807) is 0 Å². The van der Waals surface area contributed by atoms with Crippen LogP contribution >= 0.6 is 0 Å². The summed E-state index contributed by atoms with van der Waals surface area (Å²) in [6.45, 7) is 4.53. The van der Waals surface area contributed by atoms with Crippen LogP contribution in [0.25, 0.3) is 0 Å². The van der Waals surface area contributed by atoms with E-state index in [4.69, 9.17) is 5.73 Å². The zero-order valence-corrected chi connectivity index (χ0v) is 12.5. The van der Waals surface area contributed by atoms with Crippen molar-refractivity contribution < 1.29 is 4.79 Å². The highest BCUT2D eigenvalue weighted by atomic mass is 16.2. The Morgan fingerprint density at radius 2 is 1.80 bits per heavy atom. The Morgan fingerprint density at radius 3 is 2.40 bits per heavy atom. The minimum atomic E-state index is -0.454. The van der Waals surface area contributed by atoms with Crippen LogP contribution in [0.4, 0.5) is 0 Å². The van der Waals surface area contributed by atoms with E-state index in [9.17, 15) is 4.79 Å². The Morgan fingerprint density at radius 1 is 1.20 bits per heavy atom. The molecule has 0 bridgehead atoms. The molecule has 3 heteroatoms. The van der Waals surface area contributed by atoms with Gasteiger partial charge in [0.2, 0.25) is 5.91 Å². The number of hydrogen-bond donors (Lipinski definition) is 2. The Hall–Kier alpha value is -1.35. The first-order valence-electron chi connectivity index (χ1n) is 7.64. The molecule has 0 radical (unpaired) electrons. The smallest absolute Gasteiger partial charge is 0.237 e. The quantitative estimate of drug-likeness (QED) is 0.886. The summed E-state index contributed by atoms with van der Waals surface area (Å²) >= 11 is 0. The third kappa shape index (κ3) is 4.34. The van der Waals surface area contributed by atoms with Crippen LogP contribution in [0.3, 0.4) is 0 Å². The molecular formula is C17H26N2O. The minimum absolute atomic E-state index is 0.0137. The molecule has 110 valence electrons. The van der Waals surface area contributed by atoms with Crippen molar-refractivity contribution in [3.8, 4) is 0 Å². The molecule has 2 unspecified atom stereocenters. The molecule has 1 aromatic rings. The van der Waals surface area contributed by atoms with Gasteiger partial charge in [0.05, 0.1) is 6.04 Å². The van der Waals surface area contributed by atoms with Crippen LogP contribution in [-0.2, 0) is 11.2 Å². The molecular weight excluding hydrogens is 248 g/mol. The lowest BCUT2D eigenvalue weighted by molar-refractivity contribution is -0.123. The van der Waals surface area contributed by atoms with Crippen LogP contribution in [0, 0.1) is 11.8 Å². The summed E-state index contributed by atoms with van der Waals surface area (Å²) in [6.07, 6.45) is 4.02. The predicted molar refractivity (Wildman–Crippen MR) is 82.2 cm³/mol. The summed E-state index contributed by atoms with van der Waals surface area (Å²) in [6, 6.07) is 9.79. The summed E-state index contributed by atoms with van der Waals surface area (Å²) < 4.78 is 0. The Labute approximate surface area is 121 Å². The zero-order chi connectivity index (χ0) is 14.5. The maximum atomic E-state index is 12.2. The molecule has 3 nitrogen and oxygen atoms in total. The molecule has 1 aliphatic rings. The van der Waals surface area contributed by atoms with E-state index >= 15 is 0 Å². The second-order valence-electron chi connectivity index (χ2n) is 6.42. The highest BCUT2D eigenvalue weighted by Gasteiger charge is 2.26. The van der Waals surface area contributed by atoms with Crippen LogP contribution in [0.1, 0.15) is 38.7 Å². The number of nitrogens with two attached hydrogens (primary N) is 1. The topological polar surface area (TPSA) is 55.1 Å². The van der Waals surface area contributed by atoms with E-state index in [1.165, 1.54) is 6.42 Å². The van der Waals surface area contributed by atoms with Gasteiger partial charge in [-0.2, -0.15) is 0 Å². The number of rotatable bonds is 4. The summed E-state index contributed by atoms with van der Waals surface area (Å²) in [4.78, 5) is 12.2. The molecule has 0 aliphatic heterocycles. The Bertz CT molecular complexity index is 422. The van der Waals surface area contributed by atoms with Crippen molar-refractivity contribution in [1.82, 2.24) is 5.32 Å². The van der Waals surface area contributed by atoms with Gasteiger partial charge in [0.1, 0.15) is 0 Å². The lowest BCUT2D eigenvalue weighted by atomic mass is 9.80. The summed E-state index contributed by atoms with van der Waals surface area (Å²) in [5.74, 6) is 1.36. The molecule has 0 saturated heterocycles. The second-order valence-corrected chi connectivity index (χ2v) is 6.42. The molecule has 1 aromatic carbocycles. The van der Waals surface area contributed by atoms with Gasteiger partial charge >= 0.3 is 0 Å². The fourth-order valence-corrected chi connectivity index (χ4v) is 3.33. The summed E-state index contributed by atoms with van der Waals surface area (Å²) in [7, 11) is 0. The van der Waals surface area contributed by atoms with Crippen LogP contribution in [0.2, 0.25) is 0 Å². The first-order chi connectivity index (χ1) is 9.54. The first kappa shape index (κ1) is 15.0. The van der Waals surface area contributed by atoms with Gasteiger partial charge in [-0.25, -0.2) is 0 Å². The third-order valence-electron chi connectivity index (χ3n) is 4.16. The lowest BCUT2D eigenvalue weighted by Crippen LogP contribution is -2.48. The standard InChI is InChI=1S/C17H26N2O/c1-12-8-13(2)10-15(9-12)19-17(20)16(18)11-14-6-4-3-5-7-14/h3-7,12-13,15-16H,8-11,18H2,1-2H3,(H,19,20)/t12?,13?,15?,16-/m1/s1. The Kier molecular flexibility index (Phi) is 5.18. The highest BCUT2D eigenvalue weighted by molar-refractivity contribution is 5.82. The van der Waals surface area contributed by atoms with Crippen LogP contribution < -0.4 is 11.1 Å². The molecule has 3 atom stereocenters. The SMILES string of the molecule is CC1CC(C)CC(NC(=O)[C@H](N)Cc2ccccc2)C1. The van der Waals surface area contributed by atoms with Crippen LogP contribution in [0.5, 0.6) is 0 Å². The maximum Gasteiger partial charge on any atom is 0.237 e. The molecule has 3 N–H and O–H groups in total. The van der Waals surface area contributed by atoms with Crippen molar-refractivity contribution in [3.63, 3.8) is 0 Å². The van der Waals surface area contributed by atoms with Gasteiger partial charge < -0.3 is 11.1 Å². The minimum Gasteiger partial charge on any atom is -0.352 e. The van der Waals surface area contributed by atoms with Crippen molar-refractivity contribution in [1.29, 1.82) is 0 Å². The Balaban J connectivity index is 1.84. The molecule has 20 heavy (non-hydrogen) atoms. The monoisotopic (exact) mass is 274 g/mol. The van der Waals surface area contributed by atoms with E-state index in [1.807, 2.05) is 30.3 Å². The van der Waals surface area contributed by atoms with E-state index in [2.05, 4.69) is 19.2 Å². The molecule has 0 heterocycles. The number of hydrogen-bond acceptors (Lipinski definition) is 2. The summed E-state index contributed by atoms with van der Waals surface area (Å²) in [5.41, 5.74) is 7.14. The van der Waals surface area contributed by atoms with E-state index in [0.29, 0.717) is 24.3 Å². The highest BCUT2D eigenvalue weighted by Crippen LogP contribution is 2.28. The van der Waals surface area contributed by atoms with E-state index in [0.717, 1.165) is 18.4 Å². The first-order valence-corrected chi connectivity index (χ1v) is 7.64. The average Bonchev–Trinajstić information content (AvgIpc) is 2.38. The normalized spacial score (nSPS) is 27.9. The van der Waals surface area contributed by atoms with Crippen molar-refractivity contribution in [3.05, 3.63) is 35.9 Å². The molecule has 1 amide bonds. The van der Waals surface area contributed by atoms with Crippen LogP contribution in [-0.4, -0.2) is 18.0 Å². The second kappa shape index (κ2) is 6.89. The largest absolute Gasteiger partial charge is 0.352 e. The van der Waals surface area contributed by atoms with Crippen molar-refractivity contribution in [2.45, 2.75) is 51.6 Å². The molecule has 0 spiro atoms. The zero-order valence-electron chi connectivity index (χ0n) is 12.5. The number of carbonyl (C=O) groups is 1. The van der Waals surface area contributed by atoms with Gasteiger partial charge in [-0.15, -0.1) is 0 Å². The van der Waals surface area contributed by atoms with Gasteiger partial charge in [-0.1, -0.05) is 44.2 Å².